The Kier molecular flexibility index (Phi) is 9.06. The van der Waals surface area contributed by atoms with Gasteiger partial charge in [0.15, 0.2) is 40.6 Å². The number of aliphatic hydroxyl groups excluding tert-OH is 1. The number of anilines is 1. The maximum atomic E-state index is 13.3. The number of piperazine rings is 1. The highest BCUT2D eigenvalue weighted by atomic mass is 16.8. The number of carbonyl (C=O) groups excluding carboxylic acids is 2. The Hall–Kier alpha value is -3.05. The second kappa shape index (κ2) is 13.2. The van der Waals surface area contributed by atoms with Crippen LogP contribution in [0.25, 0.3) is 11.2 Å². The van der Waals surface area contributed by atoms with Gasteiger partial charge in [0.25, 0.3) is 0 Å². The molecule has 15 heteroatoms. The number of nitrogens with zero attached hydrogens (tertiary/aromatic N) is 7. The third kappa shape index (κ3) is 6.29. The summed E-state index contributed by atoms with van der Waals surface area (Å²) in [4.78, 5) is 47.1. The van der Waals surface area contributed by atoms with Crippen LogP contribution >= 0.6 is 0 Å². The molecule has 6 heterocycles. The molecule has 15 nitrogen and oxygen atoms in total. The van der Waals surface area contributed by atoms with Crippen LogP contribution in [0.4, 0.5) is 5.82 Å². The summed E-state index contributed by atoms with van der Waals surface area (Å²) >= 11 is 0. The van der Waals surface area contributed by atoms with E-state index in [9.17, 15) is 9.59 Å². The van der Waals surface area contributed by atoms with Gasteiger partial charge in [0.05, 0.1) is 37.8 Å². The fourth-order valence-electron chi connectivity index (χ4n) is 7.34. The van der Waals surface area contributed by atoms with Gasteiger partial charge in [-0.1, -0.05) is 0 Å². The van der Waals surface area contributed by atoms with Gasteiger partial charge in [-0.3, -0.25) is 24.0 Å². The fraction of sp³-hybridized carbons (Fsp3) is 0.710. The smallest absolute Gasteiger partial charge is 0.168 e. The van der Waals surface area contributed by atoms with E-state index in [0.29, 0.717) is 37.5 Å². The lowest BCUT2D eigenvalue weighted by atomic mass is 9.79. The van der Waals surface area contributed by atoms with E-state index in [0.717, 1.165) is 51.6 Å². The van der Waals surface area contributed by atoms with Gasteiger partial charge in [0, 0.05) is 83.9 Å². The minimum absolute atomic E-state index is 0.180. The molecule has 2 N–H and O–H groups in total. The van der Waals surface area contributed by atoms with Crippen molar-refractivity contribution in [1.82, 2.24) is 34.6 Å². The number of fused-ring (bicyclic) bond motifs is 2. The molecule has 4 aliphatic heterocycles. The molecule has 0 spiro atoms. The molecule has 2 aromatic heterocycles. The first kappa shape index (κ1) is 31.5. The van der Waals surface area contributed by atoms with Crippen LogP contribution in [0.3, 0.4) is 0 Å². The number of rotatable bonds is 9. The third-order valence-electron chi connectivity index (χ3n) is 9.65. The first-order chi connectivity index (χ1) is 22.3. The highest BCUT2D eigenvalue weighted by Gasteiger charge is 2.58. The molecule has 7 rings (SSSR count). The molecule has 0 unspecified atom stereocenters. The Morgan fingerprint density at radius 3 is 2.35 bits per heavy atom. The van der Waals surface area contributed by atoms with Crippen LogP contribution in [0.2, 0.25) is 0 Å². The number of morpholine rings is 1. The number of ether oxygens (including phenoxy) is 4. The van der Waals surface area contributed by atoms with Gasteiger partial charge < -0.3 is 34.3 Å². The molecule has 2 aromatic rings. The average Bonchev–Trinajstić information content (AvgIpc) is 3.72. The van der Waals surface area contributed by atoms with Crippen molar-refractivity contribution in [3.8, 4) is 0 Å². The lowest BCUT2D eigenvalue weighted by Crippen LogP contribution is -2.48. The van der Waals surface area contributed by atoms with Crippen molar-refractivity contribution in [3.63, 3.8) is 0 Å². The number of imidazole rings is 1. The molecule has 0 radical (unpaired) electrons. The molecule has 4 atom stereocenters. The van der Waals surface area contributed by atoms with Crippen molar-refractivity contribution >= 4 is 28.5 Å². The number of β-amino-alcohol motifs (C(OH)–C–C–N with tert-alkyl or cyclic N) is 1. The second-order valence-corrected chi connectivity index (χ2v) is 13.1. The maximum absolute atomic E-state index is 13.3. The van der Waals surface area contributed by atoms with E-state index in [-0.39, 0.29) is 42.5 Å². The van der Waals surface area contributed by atoms with Crippen molar-refractivity contribution in [2.75, 3.05) is 83.6 Å². The number of carbonyl (C=O) groups is 2. The van der Waals surface area contributed by atoms with Crippen LogP contribution < -0.4 is 10.2 Å². The van der Waals surface area contributed by atoms with E-state index in [1.165, 1.54) is 6.33 Å². The van der Waals surface area contributed by atoms with Gasteiger partial charge in [-0.2, -0.15) is 0 Å². The summed E-state index contributed by atoms with van der Waals surface area (Å²) < 4.78 is 26.7. The zero-order valence-electron chi connectivity index (χ0n) is 26.5. The number of ketones is 2. The van der Waals surface area contributed by atoms with Crippen molar-refractivity contribution in [3.05, 3.63) is 24.4 Å². The van der Waals surface area contributed by atoms with Gasteiger partial charge in [0.1, 0.15) is 18.5 Å². The second-order valence-electron chi connectivity index (χ2n) is 13.1. The Bertz CT molecular complexity index is 1430. The number of hydrogen-bond donors (Lipinski definition) is 2. The number of aliphatic hydroxyl groups is 1. The fourth-order valence-corrected chi connectivity index (χ4v) is 7.34. The minimum Gasteiger partial charge on any atom is -0.395 e. The summed E-state index contributed by atoms with van der Waals surface area (Å²) in [6.45, 7) is 12.5. The number of hydrogen-bond acceptors (Lipinski definition) is 14. The Balaban J connectivity index is 1.02. The molecule has 250 valence electrons. The lowest BCUT2D eigenvalue weighted by molar-refractivity contribution is -0.202. The Labute approximate surface area is 267 Å². The summed E-state index contributed by atoms with van der Waals surface area (Å²) in [6.07, 6.45) is 3.11. The Morgan fingerprint density at radius 1 is 0.935 bits per heavy atom. The topological polar surface area (TPSA) is 157 Å². The van der Waals surface area contributed by atoms with E-state index < -0.39 is 30.3 Å². The van der Waals surface area contributed by atoms with E-state index in [1.807, 2.05) is 18.4 Å². The number of Topliss-reactive ketones (excluding diaryl/α,β-unsaturated/α-hetero) is 2. The molecule has 0 bridgehead atoms. The normalized spacial score (nSPS) is 30.7. The predicted octanol–water partition coefficient (Wildman–Crippen LogP) is -0.288. The summed E-state index contributed by atoms with van der Waals surface area (Å²) in [5.41, 5.74) is 1.50. The van der Waals surface area contributed by atoms with E-state index >= 15 is 0 Å². The van der Waals surface area contributed by atoms with Crippen LogP contribution in [0, 0.1) is 5.92 Å². The summed E-state index contributed by atoms with van der Waals surface area (Å²) in [5, 5.41) is 12.3. The molecule has 0 aromatic carbocycles. The van der Waals surface area contributed by atoms with Gasteiger partial charge in [0.2, 0.25) is 0 Å². The highest BCUT2D eigenvalue weighted by molar-refractivity contribution is 6.21. The van der Waals surface area contributed by atoms with E-state index in [4.69, 9.17) is 24.1 Å². The van der Waals surface area contributed by atoms with E-state index in [2.05, 4.69) is 35.0 Å². The number of allylic oxidation sites excluding steroid dienone is 1. The molecule has 1 aliphatic carbocycles. The molecular weight excluding hydrogens is 596 g/mol. The summed E-state index contributed by atoms with van der Waals surface area (Å²) in [5.74, 6) is -0.841. The maximum Gasteiger partial charge on any atom is 0.168 e. The molecule has 5 aliphatic rings. The SMILES string of the molecule is CC1(C)O[C@@H]2[C@H](O1)[C@@H](C1CC(=O)C(=CNCCN3CCN(CCO)CC3)C(=O)C1)O[C@H]2n1cnc2c(N3CCOCC3)ncnc21. The first-order valence-corrected chi connectivity index (χ1v) is 16.4. The van der Waals surface area contributed by atoms with E-state index in [1.54, 1.807) is 12.5 Å². The number of aromatic nitrogens is 4. The first-order valence-electron chi connectivity index (χ1n) is 16.4. The quantitative estimate of drug-likeness (QED) is 0.209. The lowest BCUT2D eigenvalue weighted by Gasteiger charge is -2.34. The highest BCUT2D eigenvalue weighted by Crippen LogP contribution is 2.47. The van der Waals surface area contributed by atoms with Crippen LogP contribution in [0.1, 0.15) is 32.9 Å². The molecule has 46 heavy (non-hydrogen) atoms. The molecule has 5 fully saturated rings. The molecule has 1 saturated carbocycles. The molecule has 0 amide bonds. The van der Waals surface area contributed by atoms with Crippen LogP contribution in [-0.2, 0) is 28.5 Å². The largest absolute Gasteiger partial charge is 0.395 e. The predicted molar refractivity (Wildman–Crippen MR) is 165 cm³/mol. The average molecular weight is 641 g/mol. The Morgan fingerprint density at radius 2 is 1.63 bits per heavy atom. The van der Waals surface area contributed by atoms with Crippen molar-refractivity contribution in [2.45, 2.75) is 57.0 Å². The van der Waals surface area contributed by atoms with Gasteiger partial charge >= 0.3 is 0 Å². The van der Waals surface area contributed by atoms with Crippen molar-refractivity contribution in [2.24, 2.45) is 5.92 Å². The van der Waals surface area contributed by atoms with Crippen LogP contribution in [0.5, 0.6) is 0 Å². The summed E-state index contributed by atoms with van der Waals surface area (Å²) in [6, 6.07) is 0. The van der Waals surface area contributed by atoms with Gasteiger partial charge in [-0.05, 0) is 13.8 Å². The standard InChI is InChI=1S/C31H44N8O7/c1-31(2)45-26-25(20-15-22(41)21(23(42)16-20)17-32-3-4-36-5-7-37(8-6-36)9-12-40)44-30(27(26)46-31)39-19-35-24-28(33-18-34-29(24)39)38-10-13-43-14-11-38/h17-20,25-27,30,32,40H,3-16H2,1-2H3/t20?,25-,26-,27-,30-/m1/s1. The van der Waals surface area contributed by atoms with Gasteiger partial charge in [-0.15, -0.1) is 0 Å². The zero-order chi connectivity index (χ0) is 31.8. The van der Waals surface area contributed by atoms with Gasteiger partial charge in [-0.25, -0.2) is 15.0 Å². The van der Waals surface area contributed by atoms with Crippen LogP contribution in [-0.4, -0.2) is 149 Å². The molecule has 4 saturated heterocycles. The summed E-state index contributed by atoms with van der Waals surface area (Å²) in [7, 11) is 0. The minimum atomic E-state index is -0.858. The van der Waals surface area contributed by atoms with Crippen molar-refractivity contribution in [1.29, 1.82) is 0 Å². The van der Waals surface area contributed by atoms with Crippen LogP contribution in [0.15, 0.2) is 24.4 Å². The zero-order valence-corrected chi connectivity index (χ0v) is 26.5. The number of nitrogens with one attached hydrogen (secondary N) is 1. The molecular formula is C31H44N8O7. The third-order valence-corrected chi connectivity index (χ3v) is 9.65. The monoisotopic (exact) mass is 640 g/mol. The van der Waals surface area contributed by atoms with Crippen molar-refractivity contribution < 1.29 is 33.6 Å².